The van der Waals surface area contributed by atoms with E-state index in [-0.39, 0.29) is 0 Å². The van der Waals surface area contributed by atoms with Crippen LogP contribution in [0.3, 0.4) is 0 Å². The highest BCUT2D eigenvalue weighted by Gasteiger charge is 2.21. The van der Waals surface area contributed by atoms with Crippen LogP contribution in [0, 0.1) is 0 Å². The summed E-state index contributed by atoms with van der Waals surface area (Å²) >= 11 is 21.0. The van der Waals surface area contributed by atoms with E-state index in [1.54, 1.807) is 0 Å². The van der Waals surface area contributed by atoms with Crippen molar-refractivity contribution in [1.82, 2.24) is 0 Å². The Labute approximate surface area is 124 Å². The van der Waals surface area contributed by atoms with Gasteiger partial charge in [-0.15, -0.1) is 0 Å². The fourth-order valence-corrected chi connectivity index (χ4v) is 13.5. The van der Waals surface area contributed by atoms with Crippen LogP contribution in [0.5, 0.6) is 0 Å². The zero-order valence-corrected chi connectivity index (χ0v) is 14.2. The summed E-state index contributed by atoms with van der Waals surface area (Å²) in [5.74, 6) is -4.40. The maximum absolute atomic E-state index is 5.47. The van der Waals surface area contributed by atoms with E-state index in [9.17, 15) is 0 Å². The molecule has 1 rings (SSSR count). The molecule has 1 aliphatic rings. The maximum atomic E-state index is 5.47. The Morgan fingerprint density at radius 2 is 0.941 bits per heavy atom. The first-order chi connectivity index (χ1) is 7.91. The SMILES string of the molecule is [S-][P+]1([S-])C[P+]([S-])([S-])OCCOCCOCCO1. The Morgan fingerprint density at radius 1 is 0.588 bits per heavy atom. The lowest BCUT2D eigenvalue weighted by Gasteiger charge is -2.46. The molecule has 1 heterocycles. The zero-order chi connectivity index (χ0) is 12.8. The van der Waals surface area contributed by atoms with Gasteiger partial charge in [-0.2, -0.15) is 0 Å². The Hall–Kier alpha value is 2.10. The molecule has 4 nitrogen and oxygen atoms in total. The molecule has 0 amide bonds. The molecule has 10 heteroatoms. The van der Waals surface area contributed by atoms with Gasteiger partial charge in [0, 0.05) is 0 Å². The topological polar surface area (TPSA) is 36.9 Å². The minimum atomic E-state index is -2.36. The highest BCUT2D eigenvalue weighted by Crippen LogP contribution is 2.71. The lowest BCUT2D eigenvalue weighted by molar-refractivity contribution is 0.0304. The zero-order valence-electron chi connectivity index (χ0n) is 9.11. The monoisotopic (exact) mass is 352 g/mol. The summed E-state index contributed by atoms with van der Waals surface area (Å²) in [6.45, 7) is 2.72. The van der Waals surface area contributed by atoms with E-state index in [4.69, 9.17) is 67.5 Å². The third-order valence-corrected chi connectivity index (χ3v) is 11.1. The van der Waals surface area contributed by atoms with Crippen molar-refractivity contribution >= 4 is 60.8 Å². The summed E-state index contributed by atoms with van der Waals surface area (Å²) in [4.78, 5) is 0. The Morgan fingerprint density at radius 3 is 1.35 bits per heavy atom. The van der Waals surface area contributed by atoms with Crippen LogP contribution in [0.2, 0.25) is 0 Å². The molecular weight excluding hydrogens is 338 g/mol. The lowest BCUT2D eigenvalue weighted by Crippen LogP contribution is -2.10. The average Bonchev–Trinajstić information content (AvgIpc) is 2.18. The van der Waals surface area contributed by atoms with Gasteiger partial charge in [0.05, 0.1) is 26.4 Å². The Balaban J connectivity index is 2.50. The molecule has 0 unspecified atom stereocenters. The number of hydrogen-bond acceptors (Lipinski definition) is 8. The standard InChI is InChI=1S/C7H16O4P2S4/c14-12(15)7-13(16,17)11-6-4-9-2-1-8-3-5-10-12/h1-7H2,(H,14,15)(H,16,17)/p-2. The van der Waals surface area contributed by atoms with E-state index in [1.807, 2.05) is 0 Å². The summed E-state index contributed by atoms with van der Waals surface area (Å²) < 4.78 is 21.5. The van der Waals surface area contributed by atoms with Gasteiger partial charge in [-0.1, -0.05) is 11.8 Å². The molecule has 0 aliphatic carbocycles. The second-order valence-corrected chi connectivity index (χ2v) is 15.8. The van der Waals surface area contributed by atoms with Crippen molar-refractivity contribution in [1.29, 1.82) is 0 Å². The Kier molecular flexibility index (Phi) is 8.48. The number of ether oxygens (including phenoxy) is 2. The normalized spacial score (nSPS) is 27.5. The molecule has 0 radical (unpaired) electrons. The van der Waals surface area contributed by atoms with Crippen LogP contribution >= 0.6 is 11.8 Å². The molecule has 1 saturated heterocycles. The van der Waals surface area contributed by atoms with Crippen molar-refractivity contribution in [2.75, 3.05) is 45.5 Å². The van der Waals surface area contributed by atoms with E-state index in [0.717, 1.165) is 0 Å². The van der Waals surface area contributed by atoms with Crippen LogP contribution in [0.15, 0.2) is 0 Å². The van der Waals surface area contributed by atoms with E-state index in [0.29, 0.717) is 45.5 Å². The molecule has 0 bridgehead atoms. The molecule has 0 aromatic rings. The third kappa shape index (κ3) is 8.79. The van der Waals surface area contributed by atoms with Crippen molar-refractivity contribution in [2.45, 2.75) is 0 Å². The van der Waals surface area contributed by atoms with Gasteiger partial charge < -0.3 is 58.5 Å². The molecule has 0 aromatic carbocycles. The van der Waals surface area contributed by atoms with Crippen LogP contribution < -0.4 is 0 Å². The molecule has 102 valence electrons. The van der Waals surface area contributed by atoms with E-state index in [2.05, 4.69) is 0 Å². The van der Waals surface area contributed by atoms with Gasteiger partial charge in [0.25, 0.3) is 0 Å². The van der Waals surface area contributed by atoms with Gasteiger partial charge in [0.2, 0.25) is 0 Å². The molecule has 1 aliphatic heterocycles. The second kappa shape index (κ2) is 8.40. The summed E-state index contributed by atoms with van der Waals surface area (Å²) in [5.41, 5.74) is 0. The predicted molar refractivity (Wildman–Crippen MR) is 81.7 cm³/mol. The first-order valence-electron chi connectivity index (χ1n) is 4.96. The van der Waals surface area contributed by atoms with E-state index >= 15 is 0 Å². The lowest BCUT2D eigenvalue weighted by atomic mass is 10.7. The second-order valence-electron chi connectivity index (χ2n) is 3.25. The van der Waals surface area contributed by atoms with E-state index < -0.39 is 11.8 Å². The fourth-order valence-electron chi connectivity index (χ4n) is 1.09. The minimum absolute atomic E-state index is 0.329. The predicted octanol–water partition coefficient (Wildman–Crippen LogP) is 1.74. The Bertz CT molecular complexity index is 210. The molecule has 1 fully saturated rings. The minimum Gasteiger partial charge on any atom is -0.544 e. The van der Waals surface area contributed by atoms with Crippen molar-refractivity contribution in [2.24, 2.45) is 0 Å². The van der Waals surface area contributed by atoms with Crippen molar-refractivity contribution in [3.63, 3.8) is 0 Å². The van der Waals surface area contributed by atoms with Gasteiger partial charge in [0.1, 0.15) is 19.1 Å². The van der Waals surface area contributed by atoms with Crippen LogP contribution in [0.1, 0.15) is 0 Å². The van der Waals surface area contributed by atoms with Crippen LogP contribution in [0.25, 0.3) is 0 Å². The average molecular weight is 352 g/mol. The largest absolute Gasteiger partial charge is 0.544 e. The van der Waals surface area contributed by atoms with Crippen molar-refractivity contribution < 1.29 is 18.5 Å². The van der Waals surface area contributed by atoms with E-state index in [1.165, 1.54) is 0 Å². The van der Waals surface area contributed by atoms with Gasteiger partial charge in [-0.05, 0) is 0 Å². The van der Waals surface area contributed by atoms with Crippen LogP contribution in [0.4, 0.5) is 0 Å². The van der Waals surface area contributed by atoms with Gasteiger partial charge in [-0.25, -0.2) is 0 Å². The smallest absolute Gasteiger partial charge is 0.134 e. The van der Waals surface area contributed by atoms with Crippen molar-refractivity contribution in [3.8, 4) is 0 Å². The molecule has 0 spiro atoms. The number of hydrogen-bond donors (Lipinski definition) is 0. The summed E-state index contributed by atoms with van der Waals surface area (Å²) in [6, 6.07) is 0. The summed E-state index contributed by atoms with van der Waals surface area (Å²) in [6.07, 6.45) is 0. The van der Waals surface area contributed by atoms with Gasteiger partial charge in [-0.3, -0.25) is 9.05 Å². The highest BCUT2D eigenvalue weighted by atomic mass is 33.1. The molecule has 0 atom stereocenters. The molecule has 17 heavy (non-hydrogen) atoms. The fraction of sp³-hybridized carbons (Fsp3) is 1.00. The van der Waals surface area contributed by atoms with Gasteiger partial charge >= 0.3 is 0 Å². The quantitative estimate of drug-likeness (QED) is 0.482. The van der Waals surface area contributed by atoms with Crippen LogP contribution in [-0.4, -0.2) is 45.5 Å². The molecule has 0 saturated carbocycles. The van der Waals surface area contributed by atoms with Gasteiger partial charge in [0.15, 0.2) is 0 Å². The highest BCUT2D eigenvalue weighted by molar-refractivity contribution is 8.79. The first kappa shape index (κ1) is 17.2. The molecular formula is C7H14O4P2S4-2. The first-order valence-corrected chi connectivity index (χ1v) is 12.8. The number of rotatable bonds is 0. The maximum Gasteiger partial charge on any atom is 0.134 e. The molecule has 0 aromatic heterocycles. The summed E-state index contributed by atoms with van der Waals surface area (Å²) in [5, 5.41) is 0. The molecule has 0 N–H and O–H groups in total. The van der Waals surface area contributed by atoms with Crippen LogP contribution in [-0.2, 0) is 67.5 Å². The summed E-state index contributed by atoms with van der Waals surface area (Å²) in [7, 11) is 0. The third-order valence-electron chi connectivity index (χ3n) is 1.75. The van der Waals surface area contributed by atoms with Crippen molar-refractivity contribution in [3.05, 3.63) is 0 Å².